The number of nitrogens with zero attached hydrogens (tertiary/aromatic N) is 3. The summed E-state index contributed by atoms with van der Waals surface area (Å²) in [6.07, 6.45) is 5.35. The molecular weight excluding hydrogens is 400 g/mol. The molecule has 0 aliphatic carbocycles. The van der Waals surface area contributed by atoms with E-state index in [9.17, 15) is 13.2 Å². The van der Waals surface area contributed by atoms with Crippen LogP contribution in [0.4, 0.5) is 5.69 Å². The predicted molar refractivity (Wildman–Crippen MR) is 115 cm³/mol. The summed E-state index contributed by atoms with van der Waals surface area (Å²) in [5.74, 6) is 0.541. The summed E-state index contributed by atoms with van der Waals surface area (Å²) in [5.41, 5.74) is 2.86. The van der Waals surface area contributed by atoms with Crippen molar-refractivity contribution in [2.45, 2.75) is 30.7 Å². The number of hydrogen-bond donors (Lipinski definition) is 1. The molecule has 156 valence electrons. The second kappa shape index (κ2) is 8.41. The van der Waals surface area contributed by atoms with Gasteiger partial charge in [-0.05, 0) is 55.7 Å². The van der Waals surface area contributed by atoms with Gasteiger partial charge in [0.1, 0.15) is 5.82 Å². The van der Waals surface area contributed by atoms with E-state index in [1.54, 1.807) is 18.2 Å². The molecule has 1 aliphatic heterocycles. The van der Waals surface area contributed by atoms with E-state index < -0.39 is 15.9 Å². The maximum Gasteiger partial charge on any atom is 0.243 e. The van der Waals surface area contributed by atoms with Crippen LogP contribution in [0.1, 0.15) is 18.5 Å². The molecule has 1 aliphatic rings. The minimum atomic E-state index is -3.71. The van der Waals surface area contributed by atoms with Crippen molar-refractivity contribution in [3.8, 4) is 11.4 Å². The zero-order chi connectivity index (χ0) is 21.1. The standard InChI is InChI=1S/C22H24N4O3S/c1-25(30(28,29)20-8-3-2-4-9-20)16-21(27)24-18-12-10-17(11-13-18)22-23-15-19-7-5-6-14-26(19)22/h2-4,8-13,15H,5-7,14,16H2,1H3,(H,24,27). The Hall–Kier alpha value is -2.97. The fourth-order valence-corrected chi connectivity index (χ4v) is 4.78. The number of aryl methyl sites for hydroxylation is 1. The molecule has 0 unspecified atom stereocenters. The van der Waals surface area contributed by atoms with Crippen molar-refractivity contribution >= 4 is 21.6 Å². The Bertz CT molecular complexity index is 1140. The molecule has 0 atom stereocenters. The van der Waals surface area contributed by atoms with Gasteiger partial charge in [-0.3, -0.25) is 4.79 Å². The molecule has 0 fully saturated rings. The van der Waals surface area contributed by atoms with E-state index in [0.29, 0.717) is 5.69 Å². The molecule has 0 radical (unpaired) electrons. The molecule has 3 aromatic rings. The van der Waals surface area contributed by atoms with Gasteiger partial charge < -0.3 is 9.88 Å². The average molecular weight is 425 g/mol. The summed E-state index contributed by atoms with van der Waals surface area (Å²) < 4.78 is 28.4. The molecular formula is C22H24N4O3S. The van der Waals surface area contributed by atoms with Crippen molar-refractivity contribution in [1.82, 2.24) is 13.9 Å². The fraction of sp³-hybridized carbons (Fsp3) is 0.273. The van der Waals surface area contributed by atoms with Crippen LogP contribution in [0.25, 0.3) is 11.4 Å². The average Bonchev–Trinajstić information content (AvgIpc) is 3.19. The number of benzene rings is 2. The summed E-state index contributed by atoms with van der Waals surface area (Å²) in [5, 5.41) is 2.76. The van der Waals surface area contributed by atoms with Gasteiger partial charge >= 0.3 is 0 Å². The lowest BCUT2D eigenvalue weighted by atomic mass is 10.1. The van der Waals surface area contributed by atoms with Gasteiger partial charge in [0, 0.05) is 36.7 Å². The quantitative estimate of drug-likeness (QED) is 0.659. The van der Waals surface area contributed by atoms with Crippen molar-refractivity contribution in [1.29, 1.82) is 0 Å². The summed E-state index contributed by atoms with van der Waals surface area (Å²) in [6.45, 7) is 0.706. The number of aromatic nitrogens is 2. The second-order valence-corrected chi connectivity index (χ2v) is 9.43. The smallest absolute Gasteiger partial charge is 0.243 e. The predicted octanol–water partition coefficient (Wildman–Crippen LogP) is 3.15. The number of nitrogens with one attached hydrogen (secondary N) is 1. The highest BCUT2D eigenvalue weighted by molar-refractivity contribution is 7.89. The number of amides is 1. The first-order valence-corrected chi connectivity index (χ1v) is 11.4. The molecule has 30 heavy (non-hydrogen) atoms. The van der Waals surface area contributed by atoms with Crippen molar-refractivity contribution in [2.24, 2.45) is 0 Å². The number of rotatable bonds is 6. The summed E-state index contributed by atoms with van der Waals surface area (Å²) in [4.78, 5) is 17.1. The molecule has 0 saturated carbocycles. The number of fused-ring (bicyclic) bond motifs is 1. The van der Waals surface area contributed by atoms with Crippen molar-refractivity contribution in [3.05, 3.63) is 66.5 Å². The van der Waals surface area contributed by atoms with Gasteiger partial charge in [0.15, 0.2) is 0 Å². The Labute approximate surface area is 176 Å². The van der Waals surface area contributed by atoms with Crippen LogP contribution in [0.5, 0.6) is 0 Å². The number of hydrogen-bond acceptors (Lipinski definition) is 4. The van der Waals surface area contributed by atoms with Crippen LogP contribution in [0, 0.1) is 0 Å². The van der Waals surface area contributed by atoms with Gasteiger partial charge in [-0.2, -0.15) is 4.31 Å². The molecule has 1 amide bonds. The third kappa shape index (κ3) is 4.15. The van der Waals surface area contributed by atoms with Gasteiger partial charge in [-0.1, -0.05) is 18.2 Å². The van der Waals surface area contributed by atoms with E-state index in [-0.39, 0.29) is 11.4 Å². The number of anilines is 1. The number of carbonyl (C=O) groups is 1. The van der Waals surface area contributed by atoms with E-state index in [4.69, 9.17) is 0 Å². The number of carbonyl (C=O) groups excluding carboxylic acids is 1. The minimum absolute atomic E-state index is 0.160. The number of sulfonamides is 1. The highest BCUT2D eigenvalue weighted by atomic mass is 32.2. The van der Waals surface area contributed by atoms with Gasteiger partial charge in [0.25, 0.3) is 0 Å². The topological polar surface area (TPSA) is 84.3 Å². The Kier molecular flexibility index (Phi) is 5.69. The SMILES string of the molecule is CN(CC(=O)Nc1ccc(-c2ncc3n2CCCC3)cc1)S(=O)(=O)c1ccccc1. The van der Waals surface area contributed by atoms with Crippen LogP contribution in [-0.2, 0) is 27.8 Å². The lowest BCUT2D eigenvalue weighted by molar-refractivity contribution is -0.116. The van der Waals surface area contributed by atoms with Gasteiger partial charge in [0.05, 0.1) is 11.4 Å². The Morgan fingerprint density at radius 1 is 1.10 bits per heavy atom. The molecule has 2 heterocycles. The maximum atomic E-state index is 12.6. The first kappa shape index (κ1) is 20.3. The molecule has 7 nitrogen and oxygen atoms in total. The number of likely N-dealkylation sites (N-methyl/N-ethyl adjacent to an activating group) is 1. The second-order valence-electron chi connectivity index (χ2n) is 7.38. The Morgan fingerprint density at radius 2 is 1.83 bits per heavy atom. The van der Waals surface area contributed by atoms with E-state index >= 15 is 0 Å². The zero-order valence-corrected chi connectivity index (χ0v) is 17.6. The Balaban J connectivity index is 1.41. The fourth-order valence-electron chi connectivity index (χ4n) is 3.63. The van der Waals surface area contributed by atoms with Crippen LogP contribution < -0.4 is 5.32 Å². The molecule has 4 rings (SSSR count). The normalized spacial score (nSPS) is 13.8. The molecule has 0 bridgehead atoms. The van der Waals surface area contributed by atoms with Crippen LogP contribution in [0.3, 0.4) is 0 Å². The molecule has 0 saturated heterocycles. The van der Waals surface area contributed by atoms with Crippen LogP contribution >= 0.6 is 0 Å². The van der Waals surface area contributed by atoms with Crippen molar-refractivity contribution in [3.63, 3.8) is 0 Å². The van der Waals surface area contributed by atoms with E-state index in [1.165, 1.54) is 31.3 Å². The third-order valence-electron chi connectivity index (χ3n) is 5.25. The molecule has 1 N–H and O–H groups in total. The van der Waals surface area contributed by atoms with Crippen LogP contribution in [0.15, 0.2) is 65.7 Å². The van der Waals surface area contributed by atoms with Gasteiger partial charge in [-0.25, -0.2) is 13.4 Å². The summed E-state index contributed by atoms with van der Waals surface area (Å²) >= 11 is 0. The monoisotopic (exact) mass is 424 g/mol. The van der Waals surface area contributed by atoms with E-state index in [1.807, 2.05) is 30.5 Å². The zero-order valence-electron chi connectivity index (χ0n) is 16.8. The first-order valence-electron chi connectivity index (χ1n) is 9.91. The summed E-state index contributed by atoms with van der Waals surface area (Å²) in [6, 6.07) is 15.5. The van der Waals surface area contributed by atoms with Gasteiger partial charge in [-0.15, -0.1) is 0 Å². The Morgan fingerprint density at radius 3 is 2.57 bits per heavy atom. The number of imidazole rings is 1. The maximum absolute atomic E-state index is 12.6. The van der Waals surface area contributed by atoms with Crippen molar-refractivity contribution in [2.75, 3.05) is 18.9 Å². The molecule has 1 aromatic heterocycles. The first-order chi connectivity index (χ1) is 14.4. The van der Waals surface area contributed by atoms with Crippen LogP contribution in [0.2, 0.25) is 0 Å². The van der Waals surface area contributed by atoms with E-state index in [0.717, 1.165) is 35.1 Å². The molecule has 8 heteroatoms. The van der Waals surface area contributed by atoms with Crippen LogP contribution in [-0.4, -0.2) is 41.8 Å². The lowest BCUT2D eigenvalue weighted by Crippen LogP contribution is -2.34. The molecule has 0 spiro atoms. The minimum Gasteiger partial charge on any atom is -0.328 e. The van der Waals surface area contributed by atoms with Crippen molar-refractivity contribution < 1.29 is 13.2 Å². The largest absolute Gasteiger partial charge is 0.328 e. The third-order valence-corrected chi connectivity index (χ3v) is 7.06. The summed E-state index contributed by atoms with van der Waals surface area (Å²) in [7, 11) is -2.31. The lowest BCUT2D eigenvalue weighted by Gasteiger charge is -2.17. The highest BCUT2D eigenvalue weighted by Gasteiger charge is 2.22. The van der Waals surface area contributed by atoms with Gasteiger partial charge in [0.2, 0.25) is 15.9 Å². The molecule has 2 aromatic carbocycles. The highest BCUT2D eigenvalue weighted by Crippen LogP contribution is 2.25. The van der Waals surface area contributed by atoms with E-state index in [2.05, 4.69) is 14.9 Å².